The molecule has 1 aromatic heterocycles. The number of likely N-dealkylation sites (tertiary alicyclic amines) is 1. The van der Waals surface area contributed by atoms with Crippen LogP contribution in [0.2, 0.25) is 0 Å². The van der Waals surface area contributed by atoms with E-state index in [-0.39, 0.29) is 0 Å². The maximum Gasteiger partial charge on any atom is 0.0410 e. The van der Waals surface area contributed by atoms with Crippen molar-refractivity contribution in [3.05, 3.63) is 29.6 Å². The lowest BCUT2D eigenvalue weighted by molar-refractivity contribution is 0.134. The zero-order valence-corrected chi connectivity index (χ0v) is 9.03. The van der Waals surface area contributed by atoms with E-state index in [9.17, 15) is 0 Å². The predicted octanol–water partition coefficient (Wildman–Crippen LogP) is 1.75. The first kappa shape index (κ1) is 9.66. The molecular weight excluding hydrogens is 172 g/mol. The topological polar surface area (TPSA) is 16.1 Å². The van der Waals surface area contributed by atoms with Crippen molar-refractivity contribution in [3.63, 3.8) is 0 Å². The molecule has 0 aromatic carbocycles. The summed E-state index contributed by atoms with van der Waals surface area (Å²) in [7, 11) is 2.17. The number of pyridine rings is 1. The largest absolute Gasteiger partial charge is 0.306 e. The van der Waals surface area contributed by atoms with E-state index < -0.39 is 0 Å². The minimum absolute atomic E-state index is 0.833. The maximum atomic E-state index is 4.42. The molecule has 0 spiro atoms. The third-order valence-corrected chi connectivity index (χ3v) is 2.93. The minimum atomic E-state index is 0.833. The molecule has 0 aliphatic carbocycles. The normalized spacial score (nSPS) is 18.1. The van der Waals surface area contributed by atoms with E-state index >= 15 is 0 Å². The Hall–Kier alpha value is -0.890. The molecule has 1 aliphatic heterocycles. The fourth-order valence-electron chi connectivity index (χ4n) is 2.11. The second-order valence-corrected chi connectivity index (χ2v) is 4.30. The Bertz CT molecular complexity index is 303. The van der Waals surface area contributed by atoms with Gasteiger partial charge in [0, 0.05) is 25.0 Å². The van der Waals surface area contributed by atoms with Crippen LogP contribution in [0.4, 0.5) is 0 Å². The number of rotatable bonds is 3. The van der Waals surface area contributed by atoms with Crippen molar-refractivity contribution in [1.82, 2.24) is 9.88 Å². The lowest BCUT2D eigenvalue weighted by atomic mass is 9.94. The molecule has 0 radical (unpaired) electrons. The van der Waals surface area contributed by atoms with Crippen LogP contribution in [0, 0.1) is 5.92 Å². The van der Waals surface area contributed by atoms with Gasteiger partial charge in [-0.3, -0.25) is 4.98 Å². The van der Waals surface area contributed by atoms with Gasteiger partial charge in [-0.15, -0.1) is 0 Å². The summed E-state index contributed by atoms with van der Waals surface area (Å²) in [5.41, 5.74) is 2.67. The monoisotopic (exact) mass is 190 g/mol. The van der Waals surface area contributed by atoms with Crippen LogP contribution in [0.3, 0.4) is 0 Å². The summed E-state index contributed by atoms with van der Waals surface area (Å²) in [5.74, 6) is 0.833. The van der Waals surface area contributed by atoms with Crippen molar-refractivity contribution in [2.75, 3.05) is 20.1 Å². The zero-order chi connectivity index (χ0) is 9.97. The molecule has 1 aliphatic rings. The van der Waals surface area contributed by atoms with Crippen molar-refractivity contribution in [1.29, 1.82) is 0 Å². The van der Waals surface area contributed by atoms with Gasteiger partial charge < -0.3 is 4.90 Å². The Labute approximate surface area is 86.0 Å². The highest BCUT2D eigenvalue weighted by Gasteiger charge is 2.23. The Morgan fingerprint density at radius 3 is 2.93 bits per heavy atom. The smallest absolute Gasteiger partial charge is 0.0410 e. The minimum Gasteiger partial charge on any atom is -0.306 e. The van der Waals surface area contributed by atoms with E-state index in [0.29, 0.717) is 0 Å². The van der Waals surface area contributed by atoms with E-state index in [1.165, 1.54) is 24.3 Å². The van der Waals surface area contributed by atoms with Gasteiger partial charge >= 0.3 is 0 Å². The highest BCUT2D eigenvalue weighted by Crippen LogP contribution is 2.17. The summed E-state index contributed by atoms with van der Waals surface area (Å²) in [4.78, 5) is 6.77. The molecule has 0 saturated carbocycles. The number of hydrogen-bond donors (Lipinski definition) is 0. The Morgan fingerprint density at radius 2 is 2.29 bits per heavy atom. The summed E-state index contributed by atoms with van der Waals surface area (Å²) in [6.07, 6.45) is 4.20. The van der Waals surface area contributed by atoms with E-state index in [1.807, 2.05) is 6.20 Å². The maximum absolute atomic E-state index is 4.42. The molecular formula is C12H18N2. The van der Waals surface area contributed by atoms with E-state index in [1.54, 1.807) is 0 Å². The first-order chi connectivity index (χ1) is 6.78. The fraction of sp³-hybridized carbons (Fsp3) is 0.583. The average molecular weight is 190 g/mol. The van der Waals surface area contributed by atoms with Gasteiger partial charge in [0.15, 0.2) is 0 Å². The summed E-state index contributed by atoms with van der Waals surface area (Å²) >= 11 is 0. The summed E-state index contributed by atoms with van der Waals surface area (Å²) in [6.45, 7) is 4.66. The molecule has 76 valence electrons. The van der Waals surface area contributed by atoms with Crippen LogP contribution in [0.15, 0.2) is 18.3 Å². The SMILES string of the molecule is CCc1ccnc(CC2CN(C)C2)c1. The molecule has 0 bridgehead atoms. The first-order valence-electron chi connectivity index (χ1n) is 5.40. The van der Waals surface area contributed by atoms with Gasteiger partial charge in [0.1, 0.15) is 0 Å². The summed E-state index contributed by atoms with van der Waals surface area (Å²) in [5, 5.41) is 0. The van der Waals surface area contributed by atoms with Crippen molar-refractivity contribution < 1.29 is 0 Å². The number of hydrogen-bond acceptors (Lipinski definition) is 2. The lowest BCUT2D eigenvalue weighted by Gasteiger charge is -2.36. The van der Waals surface area contributed by atoms with Gasteiger partial charge in [-0.1, -0.05) is 6.92 Å². The molecule has 2 heterocycles. The van der Waals surface area contributed by atoms with Crippen molar-refractivity contribution >= 4 is 0 Å². The standard InChI is InChI=1S/C12H18N2/c1-3-10-4-5-13-12(6-10)7-11-8-14(2)9-11/h4-6,11H,3,7-9H2,1-2H3. The highest BCUT2D eigenvalue weighted by molar-refractivity contribution is 5.17. The lowest BCUT2D eigenvalue weighted by Crippen LogP contribution is -2.44. The molecule has 1 fully saturated rings. The van der Waals surface area contributed by atoms with Gasteiger partial charge in [0.25, 0.3) is 0 Å². The quantitative estimate of drug-likeness (QED) is 0.722. The molecule has 2 rings (SSSR count). The van der Waals surface area contributed by atoms with Crippen LogP contribution in [-0.4, -0.2) is 30.0 Å². The summed E-state index contributed by atoms with van der Waals surface area (Å²) in [6, 6.07) is 4.36. The van der Waals surface area contributed by atoms with E-state index in [2.05, 4.69) is 36.0 Å². The van der Waals surface area contributed by atoms with E-state index in [0.717, 1.165) is 18.8 Å². The molecule has 2 heteroatoms. The van der Waals surface area contributed by atoms with Crippen LogP contribution < -0.4 is 0 Å². The van der Waals surface area contributed by atoms with Crippen molar-refractivity contribution in [2.24, 2.45) is 5.92 Å². The number of nitrogens with zero attached hydrogens (tertiary/aromatic N) is 2. The molecule has 14 heavy (non-hydrogen) atoms. The van der Waals surface area contributed by atoms with Crippen LogP contribution in [0.5, 0.6) is 0 Å². The molecule has 2 nitrogen and oxygen atoms in total. The zero-order valence-electron chi connectivity index (χ0n) is 9.03. The van der Waals surface area contributed by atoms with Crippen LogP contribution in [0.25, 0.3) is 0 Å². The first-order valence-corrected chi connectivity index (χ1v) is 5.40. The van der Waals surface area contributed by atoms with E-state index in [4.69, 9.17) is 0 Å². The molecule has 1 saturated heterocycles. The van der Waals surface area contributed by atoms with Crippen LogP contribution in [0.1, 0.15) is 18.2 Å². The van der Waals surface area contributed by atoms with Gasteiger partial charge in [-0.25, -0.2) is 0 Å². The Kier molecular flexibility index (Phi) is 2.82. The second-order valence-electron chi connectivity index (χ2n) is 4.30. The van der Waals surface area contributed by atoms with Crippen molar-refractivity contribution in [2.45, 2.75) is 19.8 Å². The van der Waals surface area contributed by atoms with Gasteiger partial charge in [0.2, 0.25) is 0 Å². The van der Waals surface area contributed by atoms with Gasteiger partial charge in [-0.05, 0) is 43.5 Å². The second kappa shape index (κ2) is 4.09. The highest BCUT2D eigenvalue weighted by atomic mass is 15.2. The third kappa shape index (κ3) is 2.13. The van der Waals surface area contributed by atoms with Crippen molar-refractivity contribution in [3.8, 4) is 0 Å². The number of aryl methyl sites for hydroxylation is 1. The predicted molar refractivity (Wildman–Crippen MR) is 58.3 cm³/mol. The van der Waals surface area contributed by atoms with Gasteiger partial charge in [-0.2, -0.15) is 0 Å². The molecule has 0 unspecified atom stereocenters. The van der Waals surface area contributed by atoms with Crippen LogP contribution in [-0.2, 0) is 12.8 Å². The Balaban J connectivity index is 1.95. The van der Waals surface area contributed by atoms with Crippen LogP contribution >= 0.6 is 0 Å². The number of aromatic nitrogens is 1. The molecule has 0 N–H and O–H groups in total. The van der Waals surface area contributed by atoms with Gasteiger partial charge in [0.05, 0.1) is 0 Å². The molecule has 0 amide bonds. The summed E-state index contributed by atoms with van der Waals surface area (Å²) < 4.78 is 0. The third-order valence-electron chi connectivity index (χ3n) is 2.93. The molecule has 1 aromatic rings. The average Bonchev–Trinajstić information content (AvgIpc) is 2.16. The Morgan fingerprint density at radius 1 is 1.50 bits per heavy atom. The molecule has 0 atom stereocenters. The fourth-order valence-corrected chi connectivity index (χ4v) is 2.11.